The van der Waals surface area contributed by atoms with E-state index in [1.807, 2.05) is 0 Å². The number of aliphatic hydroxyl groups is 1. The first kappa shape index (κ1) is 10.3. The molecule has 0 saturated carbocycles. The molecule has 0 spiro atoms. The van der Waals surface area contributed by atoms with Gasteiger partial charge in [0, 0.05) is 5.56 Å². The lowest BCUT2D eigenvalue weighted by Crippen LogP contribution is -2.39. The number of halogens is 1. The lowest BCUT2D eigenvalue weighted by atomic mass is 9.86. The number of benzene rings is 1. The van der Waals surface area contributed by atoms with Crippen LogP contribution in [0.1, 0.15) is 35.9 Å². The van der Waals surface area contributed by atoms with E-state index in [0.29, 0.717) is 11.1 Å². The third-order valence-corrected chi connectivity index (χ3v) is 3.09. The molecule has 1 aliphatic carbocycles. The van der Waals surface area contributed by atoms with E-state index in [2.05, 4.69) is 0 Å². The molecule has 2 rings (SSSR count). The van der Waals surface area contributed by atoms with E-state index in [1.165, 1.54) is 0 Å². The predicted octanol–water partition coefficient (Wildman–Crippen LogP) is 2.28. The molecular formula is C12H13FO2. The molecule has 0 bridgehead atoms. The van der Waals surface area contributed by atoms with Crippen molar-refractivity contribution in [3.05, 3.63) is 35.4 Å². The highest BCUT2D eigenvalue weighted by Gasteiger charge is 2.55. The summed E-state index contributed by atoms with van der Waals surface area (Å²) in [6.07, 6.45) is -1.33. The zero-order valence-electron chi connectivity index (χ0n) is 8.70. The molecule has 1 aromatic carbocycles. The van der Waals surface area contributed by atoms with Crippen LogP contribution < -0.4 is 0 Å². The van der Waals surface area contributed by atoms with Gasteiger partial charge in [-0.25, -0.2) is 4.39 Å². The average molecular weight is 208 g/mol. The Kier molecular flexibility index (Phi) is 2.15. The summed E-state index contributed by atoms with van der Waals surface area (Å²) in [5.74, 6) is -1.13. The molecule has 0 heterocycles. The summed E-state index contributed by atoms with van der Waals surface area (Å²) < 4.78 is 14.4. The van der Waals surface area contributed by atoms with E-state index in [0.717, 1.165) is 0 Å². The smallest absolute Gasteiger partial charge is 0.205 e. The molecule has 0 aromatic heterocycles. The van der Waals surface area contributed by atoms with E-state index >= 15 is 0 Å². The molecule has 15 heavy (non-hydrogen) atoms. The van der Waals surface area contributed by atoms with Gasteiger partial charge in [0.15, 0.2) is 0 Å². The molecule has 0 fully saturated rings. The maximum absolute atomic E-state index is 14.4. The normalized spacial score (nSPS) is 29.7. The zero-order chi connectivity index (χ0) is 11.2. The Labute approximate surface area is 87.7 Å². The summed E-state index contributed by atoms with van der Waals surface area (Å²) in [7, 11) is 0. The van der Waals surface area contributed by atoms with Crippen molar-refractivity contribution in [1.82, 2.24) is 0 Å². The lowest BCUT2D eigenvalue weighted by molar-refractivity contribution is -0.0150. The fourth-order valence-corrected chi connectivity index (χ4v) is 2.08. The van der Waals surface area contributed by atoms with Crippen molar-refractivity contribution in [1.29, 1.82) is 0 Å². The van der Waals surface area contributed by atoms with Crippen LogP contribution in [0.15, 0.2) is 24.3 Å². The van der Waals surface area contributed by atoms with Gasteiger partial charge in [0.05, 0.1) is 0 Å². The van der Waals surface area contributed by atoms with Gasteiger partial charge in [0.1, 0.15) is 6.10 Å². The summed E-state index contributed by atoms with van der Waals surface area (Å²) in [5, 5.41) is 9.85. The first-order valence-electron chi connectivity index (χ1n) is 5.00. The highest BCUT2D eigenvalue weighted by molar-refractivity contribution is 6.07. The summed E-state index contributed by atoms with van der Waals surface area (Å²) in [5.41, 5.74) is -1.45. The lowest BCUT2D eigenvalue weighted by Gasteiger charge is -2.26. The Morgan fingerprint density at radius 2 is 2.00 bits per heavy atom. The third-order valence-electron chi connectivity index (χ3n) is 3.09. The minimum atomic E-state index is -2.16. The van der Waals surface area contributed by atoms with Gasteiger partial charge in [-0.05, 0) is 11.5 Å². The van der Waals surface area contributed by atoms with Crippen LogP contribution in [0.25, 0.3) is 0 Å². The zero-order valence-corrected chi connectivity index (χ0v) is 8.70. The molecule has 2 nitrogen and oxygen atoms in total. The fraction of sp³-hybridized carbons (Fsp3) is 0.417. The fourth-order valence-electron chi connectivity index (χ4n) is 2.08. The predicted molar refractivity (Wildman–Crippen MR) is 54.4 cm³/mol. The Hall–Kier alpha value is -1.22. The minimum Gasteiger partial charge on any atom is -0.385 e. The number of carbonyl (C=O) groups excluding carboxylic acids is 1. The molecular weight excluding hydrogens is 195 g/mol. The second-order valence-electron chi connectivity index (χ2n) is 4.24. The summed E-state index contributed by atoms with van der Waals surface area (Å²) in [6, 6.07) is 6.53. The summed E-state index contributed by atoms with van der Waals surface area (Å²) >= 11 is 0. The van der Waals surface area contributed by atoms with Gasteiger partial charge in [0.2, 0.25) is 11.5 Å². The Morgan fingerprint density at radius 1 is 1.40 bits per heavy atom. The monoisotopic (exact) mass is 208 g/mol. The van der Waals surface area contributed by atoms with Crippen molar-refractivity contribution in [3.63, 3.8) is 0 Å². The van der Waals surface area contributed by atoms with Crippen LogP contribution in [0.2, 0.25) is 0 Å². The van der Waals surface area contributed by atoms with Crippen molar-refractivity contribution in [2.45, 2.75) is 25.6 Å². The van der Waals surface area contributed by atoms with Crippen molar-refractivity contribution >= 4 is 5.78 Å². The molecule has 2 unspecified atom stereocenters. The molecule has 0 aliphatic heterocycles. The van der Waals surface area contributed by atoms with Crippen molar-refractivity contribution in [3.8, 4) is 0 Å². The van der Waals surface area contributed by atoms with Gasteiger partial charge in [-0.2, -0.15) is 0 Å². The number of hydrogen-bond donors (Lipinski definition) is 1. The molecule has 0 saturated heterocycles. The summed E-state index contributed by atoms with van der Waals surface area (Å²) in [6.45, 7) is 3.21. The van der Waals surface area contributed by atoms with Crippen LogP contribution in [0.5, 0.6) is 0 Å². The molecule has 1 aromatic rings. The van der Waals surface area contributed by atoms with Gasteiger partial charge >= 0.3 is 0 Å². The number of Topliss-reactive ketones (excluding diaryl/α,β-unsaturated/α-hetero) is 1. The van der Waals surface area contributed by atoms with E-state index < -0.39 is 23.5 Å². The molecule has 80 valence electrons. The molecule has 0 radical (unpaired) electrons. The number of fused-ring (bicyclic) bond motifs is 1. The van der Waals surface area contributed by atoms with E-state index in [1.54, 1.807) is 38.1 Å². The van der Waals surface area contributed by atoms with E-state index in [4.69, 9.17) is 0 Å². The highest BCUT2D eigenvalue weighted by atomic mass is 19.1. The van der Waals surface area contributed by atoms with E-state index in [9.17, 15) is 14.3 Å². The number of ketones is 1. The average Bonchev–Trinajstić information content (AvgIpc) is 2.43. The number of rotatable bonds is 1. The van der Waals surface area contributed by atoms with E-state index in [-0.39, 0.29) is 0 Å². The number of alkyl halides is 1. The first-order chi connectivity index (χ1) is 6.99. The summed E-state index contributed by atoms with van der Waals surface area (Å²) in [4.78, 5) is 11.8. The van der Waals surface area contributed by atoms with Crippen molar-refractivity contribution in [2.24, 2.45) is 5.92 Å². The number of carbonyl (C=O) groups is 1. The Balaban J connectivity index is 2.59. The third kappa shape index (κ3) is 1.16. The maximum Gasteiger partial charge on any atom is 0.205 e. The van der Waals surface area contributed by atoms with Crippen LogP contribution in [-0.4, -0.2) is 16.6 Å². The van der Waals surface area contributed by atoms with Crippen LogP contribution in [0, 0.1) is 5.92 Å². The first-order valence-corrected chi connectivity index (χ1v) is 5.00. The Morgan fingerprint density at radius 3 is 2.53 bits per heavy atom. The molecule has 2 atom stereocenters. The van der Waals surface area contributed by atoms with Crippen molar-refractivity contribution in [2.75, 3.05) is 0 Å². The standard InChI is InChI=1S/C12H13FO2/c1-7(2)12(13)10(14)8-5-3-4-6-9(8)11(12)15/h3-7,10,14H,1-2H3. The molecule has 1 N–H and O–H groups in total. The quantitative estimate of drug-likeness (QED) is 0.768. The highest BCUT2D eigenvalue weighted by Crippen LogP contribution is 2.45. The second kappa shape index (κ2) is 3.14. The largest absolute Gasteiger partial charge is 0.385 e. The maximum atomic E-state index is 14.4. The topological polar surface area (TPSA) is 37.3 Å². The molecule has 0 amide bonds. The SMILES string of the molecule is CC(C)C1(F)C(=O)c2ccccc2C1O. The van der Waals surface area contributed by atoms with Crippen LogP contribution in [0.3, 0.4) is 0 Å². The van der Waals surface area contributed by atoms with Gasteiger partial charge in [-0.1, -0.05) is 38.1 Å². The molecule has 3 heteroatoms. The van der Waals surface area contributed by atoms with Crippen LogP contribution in [-0.2, 0) is 0 Å². The van der Waals surface area contributed by atoms with Gasteiger partial charge in [-0.3, -0.25) is 4.79 Å². The number of aliphatic hydroxyl groups excluding tert-OH is 1. The van der Waals surface area contributed by atoms with Crippen LogP contribution in [0.4, 0.5) is 4.39 Å². The van der Waals surface area contributed by atoms with Crippen molar-refractivity contribution < 1.29 is 14.3 Å². The van der Waals surface area contributed by atoms with Gasteiger partial charge in [-0.15, -0.1) is 0 Å². The van der Waals surface area contributed by atoms with Crippen LogP contribution >= 0.6 is 0 Å². The Bertz CT molecular complexity index is 414. The minimum absolute atomic E-state index is 0.307. The second-order valence-corrected chi connectivity index (χ2v) is 4.24. The number of hydrogen-bond acceptors (Lipinski definition) is 2. The van der Waals surface area contributed by atoms with Gasteiger partial charge < -0.3 is 5.11 Å². The molecule has 1 aliphatic rings. The van der Waals surface area contributed by atoms with Gasteiger partial charge in [0.25, 0.3) is 0 Å².